The van der Waals surface area contributed by atoms with Gasteiger partial charge in [0.15, 0.2) is 0 Å². The third-order valence-corrected chi connectivity index (χ3v) is 1.22. The number of rotatable bonds is 1. The number of carbonyl (C=O) groups excluding carboxylic acids is 1. The summed E-state index contributed by atoms with van der Waals surface area (Å²) in [6, 6.07) is -0.231. The Morgan fingerprint density at radius 2 is 2.33 bits per heavy atom. The molecule has 0 aromatic rings. The molecular weight excluding hydrogens is 333 g/mol. The van der Waals surface area contributed by atoms with E-state index in [0.29, 0.717) is 13.0 Å². The van der Waals surface area contributed by atoms with E-state index in [9.17, 15) is 4.79 Å². The van der Waals surface area contributed by atoms with Gasteiger partial charge >= 0.3 is 0 Å². The normalized spacial score (nSPS) is 33.4. The van der Waals surface area contributed by atoms with Crippen molar-refractivity contribution in [2.75, 3.05) is 6.54 Å². The molecule has 1 aliphatic heterocycles. The zero-order chi connectivity index (χ0) is 5.98. The molecule has 1 N–H and O–H groups in total. The summed E-state index contributed by atoms with van der Waals surface area (Å²) in [5.41, 5.74) is 0. The summed E-state index contributed by atoms with van der Waals surface area (Å²) in [5.74, 6) is 0. The molecule has 0 bridgehead atoms. The predicted octanol–water partition coefficient (Wildman–Crippen LogP) is -0.308. The van der Waals surface area contributed by atoms with E-state index in [0.717, 1.165) is 6.29 Å². The monoisotopic (exact) mass is 341 g/mol. The van der Waals surface area contributed by atoms with E-state index in [2.05, 4.69) is 5.32 Å². The molecular formula is C5H8AcNO2-. The minimum Gasteiger partial charge on any atom is -0.651 e. The van der Waals surface area contributed by atoms with Crippen LogP contribution in [0.5, 0.6) is 0 Å². The van der Waals surface area contributed by atoms with Gasteiger partial charge in [0.2, 0.25) is 0 Å². The average molecular weight is 341 g/mol. The smallest absolute Gasteiger partial charge is 0.102 e. The van der Waals surface area contributed by atoms with Crippen LogP contribution in [0.25, 0.3) is 5.32 Å². The van der Waals surface area contributed by atoms with Gasteiger partial charge in [-0.05, 0) is 6.42 Å². The molecule has 9 heavy (non-hydrogen) atoms. The van der Waals surface area contributed by atoms with Crippen molar-refractivity contribution in [2.45, 2.75) is 18.6 Å². The summed E-state index contributed by atoms with van der Waals surface area (Å²) in [6.07, 6.45) is 0.921. The van der Waals surface area contributed by atoms with Gasteiger partial charge in [-0.1, -0.05) is 6.04 Å². The van der Waals surface area contributed by atoms with Crippen LogP contribution in [-0.2, 0) is 4.79 Å². The molecule has 1 saturated heterocycles. The van der Waals surface area contributed by atoms with E-state index in [4.69, 9.17) is 5.11 Å². The summed E-state index contributed by atoms with van der Waals surface area (Å²) in [4.78, 5) is 9.95. The molecule has 1 unspecified atom stereocenters. The topological polar surface area (TPSA) is 51.4 Å². The van der Waals surface area contributed by atoms with Gasteiger partial charge in [-0.2, -0.15) is 0 Å². The Morgan fingerprint density at radius 3 is 2.56 bits per heavy atom. The van der Waals surface area contributed by atoms with Crippen LogP contribution in [0, 0.1) is 44.1 Å². The Bertz CT molecular complexity index is 99.0. The molecule has 0 spiro atoms. The molecule has 49 valence electrons. The molecule has 1 fully saturated rings. The number of nitrogens with zero attached hydrogens (tertiary/aromatic N) is 1. The van der Waals surface area contributed by atoms with Crippen molar-refractivity contribution in [3.63, 3.8) is 0 Å². The fourth-order valence-corrected chi connectivity index (χ4v) is 0.783. The second-order valence-electron chi connectivity index (χ2n) is 1.96. The van der Waals surface area contributed by atoms with Gasteiger partial charge in [0, 0.05) is 50.2 Å². The van der Waals surface area contributed by atoms with E-state index in [1.54, 1.807) is 0 Å². The van der Waals surface area contributed by atoms with Crippen LogP contribution in [-0.4, -0.2) is 30.1 Å². The molecule has 1 aliphatic rings. The molecule has 0 aromatic carbocycles. The molecule has 0 amide bonds. The largest absolute Gasteiger partial charge is 0.651 e. The number of aliphatic hydroxyl groups excluding tert-OH is 1. The van der Waals surface area contributed by atoms with Gasteiger partial charge in [0.25, 0.3) is 0 Å². The predicted molar refractivity (Wildman–Crippen MR) is 28.7 cm³/mol. The van der Waals surface area contributed by atoms with Crippen LogP contribution in [0.3, 0.4) is 0 Å². The molecule has 0 aromatic heterocycles. The first kappa shape index (κ1) is 10.0. The second kappa shape index (κ2) is 4.79. The van der Waals surface area contributed by atoms with Gasteiger partial charge in [0.05, 0.1) is 0 Å². The van der Waals surface area contributed by atoms with Crippen molar-refractivity contribution in [2.24, 2.45) is 0 Å². The molecule has 1 heterocycles. The number of carbonyl (C=O) groups is 1. The van der Waals surface area contributed by atoms with Crippen LogP contribution in [0.2, 0.25) is 0 Å². The van der Waals surface area contributed by atoms with Crippen molar-refractivity contribution >= 4 is 6.29 Å². The molecule has 4 heteroatoms. The van der Waals surface area contributed by atoms with E-state index < -0.39 is 0 Å². The maximum atomic E-state index is 9.95. The van der Waals surface area contributed by atoms with Crippen molar-refractivity contribution < 1.29 is 54.0 Å². The van der Waals surface area contributed by atoms with Gasteiger partial charge in [-0.25, -0.2) is 0 Å². The van der Waals surface area contributed by atoms with Crippen LogP contribution >= 0.6 is 0 Å². The van der Waals surface area contributed by atoms with E-state index in [1.807, 2.05) is 0 Å². The number of aldehydes is 1. The molecule has 1 rings (SSSR count). The standard InChI is InChI=1S/C5H8NO2.Ac/c7-3-4-1-5(8)2-6-4;/h3-5,8H,1-2H2;/q-1;/t4-,5?;/m0./s1. The first-order chi connectivity index (χ1) is 3.83. The Balaban J connectivity index is 0.000000640. The summed E-state index contributed by atoms with van der Waals surface area (Å²) < 4.78 is 0. The fourth-order valence-electron chi connectivity index (χ4n) is 0.783. The van der Waals surface area contributed by atoms with Crippen LogP contribution in [0.4, 0.5) is 0 Å². The van der Waals surface area contributed by atoms with Crippen molar-refractivity contribution in [3.8, 4) is 0 Å². The fraction of sp³-hybridized carbons (Fsp3) is 0.800. The van der Waals surface area contributed by atoms with Crippen molar-refractivity contribution in [1.82, 2.24) is 0 Å². The zero-order valence-corrected chi connectivity index (χ0v) is 9.77. The SMILES string of the molecule is O=C[C@@H]1CC(O)C[N-]1.[Ac]. The van der Waals surface area contributed by atoms with Crippen molar-refractivity contribution in [3.05, 3.63) is 5.32 Å². The van der Waals surface area contributed by atoms with Crippen LogP contribution < -0.4 is 0 Å². The summed E-state index contributed by atoms with van der Waals surface area (Å²) >= 11 is 0. The molecule has 0 saturated carbocycles. The van der Waals surface area contributed by atoms with Gasteiger partial charge in [-0.15, -0.1) is 6.54 Å². The third-order valence-electron chi connectivity index (χ3n) is 1.22. The maximum Gasteiger partial charge on any atom is 0.102 e. The first-order valence-electron chi connectivity index (χ1n) is 2.63. The van der Waals surface area contributed by atoms with Crippen LogP contribution in [0.15, 0.2) is 0 Å². The van der Waals surface area contributed by atoms with Gasteiger partial charge < -0.3 is 15.2 Å². The van der Waals surface area contributed by atoms with Gasteiger partial charge in [-0.3, -0.25) is 0 Å². The minimum absolute atomic E-state index is 0. The molecule has 1 radical (unpaired) electrons. The Hall–Kier alpha value is 1.03. The van der Waals surface area contributed by atoms with E-state index in [1.165, 1.54) is 0 Å². The summed E-state index contributed by atoms with van der Waals surface area (Å²) in [6.45, 7) is 0.434. The van der Waals surface area contributed by atoms with E-state index >= 15 is 0 Å². The number of hydrogen-bond acceptors (Lipinski definition) is 2. The molecule has 2 atom stereocenters. The Kier molecular flexibility index (Phi) is 5.34. The summed E-state index contributed by atoms with van der Waals surface area (Å²) in [7, 11) is 0. The Labute approximate surface area is 89.8 Å². The van der Waals surface area contributed by atoms with Gasteiger partial charge in [0.1, 0.15) is 6.29 Å². The molecule has 0 aliphatic carbocycles. The summed E-state index contributed by atoms with van der Waals surface area (Å²) in [5, 5.41) is 12.6. The Morgan fingerprint density at radius 1 is 1.67 bits per heavy atom. The zero-order valence-electron chi connectivity index (χ0n) is 5.03. The van der Waals surface area contributed by atoms with Crippen molar-refractivity contribution in [1.29, 1.82) is 0 Å². The second-order valence-corrected chi connectivity index (χ2v) is 1.96. The minimum atomic E-state index is -0.370. The third kappa shape index (κ3) is 3.08. The number of aliphatic hydroxyl groups is 1. The number of hydrogen-bond donors (Lipinski definition) is 1. The van der Waals surface area contributed by atoms with E-state index in [-0.39, 0.29) is 56.2 Å². The van der Waals surface area contributed by atoms with Crippen LogP contribution in [0.1, 0.15) is 6.42 Å². The maximum absolute atomic E-state index is 9.95. The average Bonchev–Trinajstić information content (AvgIpc) is 2.14. The quantitative estimate of drug-likeness (QED) is 0.666. The first-order valence-corrected chi connectivity index (χ1v) is 2.63. The molecule has 3 nitrogen and oxygen atoms in total.